The third-order valence-corrected chi connectivity index (χ3v) is 5.93. The summed E-state index contributed by atoms with van der Waals surface area (Å²) in [5.74, 6) is 2.62. The van der Waals surface area contributed by atoms with Crippen LogP contribution in [0.1, 0.15) is 51.4 Å². The smallest absolute Gasteiger partial charge is 0.315 e. The molecule has 1 atom stereocenters. The third-order valence-electron chi connectivity index (χ3n) is 5.93. The van der Waals surface area contributed by atoms with E-state index in [1.807, 2.05) is 0 Å². The summed E-state index contributed by atoms with van der Waals surface area (Å²) < 4.78 is 5.55. The van der Waals surface area contributed by atoms with Gasteiger partial charge in [-0.3, -0.25) is 0 Å². The monoisotopic (exact) mass is 278 g/mol. The Morgan fingerprint density at radius 2 is 1.75 bits per heavy atom. The van der Waals surface area contributed by atoms with Gasteiger partial charge in [-0.05, 0) is 69.1 Å². The largest absolute Gasteiger partial charge is 0.376 e. The van der Waals surface area contributed by atoms with Gasteiger partial charge in [0, 0.05) is 18.7 Å². The number of hydrogen-bond acceptors (Lipinski definition) is 2. The Labute approximate surface area is 121 Å². The summed E-state index contributed by atoms with van der Waals surface area (Å²) in [6.07, 6.45) is 10.3. The van der Waals surface area contributed by atoms with Gasteiger partial charge in [-0.1, -0.05) is 0 Å². The van der Waals surface area contributed by atoms with Gasteiger partial charge in [0.05, 0.1) is 6.10 Å². The molecule has 5 fully saturated rings. The lowest BCUT2D eigenvalue weighted by atomic mass is 9.53. The van der Waals surface area contributed by atoms with E-state index in [0.717, 1.165) is 37.2 Å². The molecule has 1 aliphatic heterocycles. The molecule has 4 bridgehead atoms. The molecule has 0 aromatic carbocycles. The SMILES string of the molecule is O=C(NC[C@H]1CCCO1)NC12CC3CC(CC(C3)C1)C2. The van der Waals surface area contributed by atoms with Crippen LogP contribution < -0.4 is 10.6 Å². The topological polar surface area (TPSA) is 50.4 Å². The third kappa shape index (κ3) is 2.43. The first-order chi connectivity index (χ1) is 9.71. The molecule has 0 radical (unpaired) electrons. The minimum Gasteiger partial charge on any atom is -0.376 e. The minimum absolute atomic E-state index is 0.0300. The Bertz CT molecular complexity index is 355. The van der Waals surface area contributed by atoms with Gasteiger partial charge in [-0.25, -0.2) is 4.79 Å². The zero-order valence-corrected chi connectivity index (χ0v) is 12.2. The lowest BCUT2D eigenvalue weighted by Gasteiger charge is -2.56. The second-order valence-electron chi connectivity index (χ2n) is 7.67. The number of amides is 2. The van der Waals surface area contributed by atoms with E-state index in [4.69, 9.17) is 4.74 Å². The molecule has 5 rings (SSSR count). The van der Waals surface area contributed by atoms with E-state index in [-0.39, 0.29) is 17.7 Å². The van der Waals surface area contributed by atoms with Crippen LogP contribution in [0.5, 0.6) is 0 Å². The van der Waals surface area contributed by atoms with Crippen molar-refractivity contribution in [2.45, 2.75) is 63.0 Å². The van der Waals surface area contributed by atoms with Crippen molar-refractivity contribution in [1.29, 1.82) is 0 Å². The average Bonchev–Trinajstić information content (AvgIpc) is 2.87. The highest BCUT2D eigenvalue weighted by molar-refractivity contribution is 5.75. The van der Waals surface area contributed by atoms with Gasteiger partial charge in [-0.15, -0.1) is 0 Å². The predicted octanol–water partition coefficient (Wildman–Crippen LogP) is 2.43. The molecule has 4 nitrogen and oxygen atoms in total. The van der Waals surface area contributed by atoms with Crippen LogP contribution in [-0.2, 0) is 4.74 Å². The Kier molecular flexibility index (Phi) is 3.17. The van der Waals surface area contributed by atoms with E-state index < -0.39 is 0 Å². The maximum Gasteiger partial charge on any atom is 0.315 e. The zero-order valence-electron chi connectivity index (χ0n) is 12.2. The van der Waals surface area contributed by atoms with Crippen molar-refractivity contribution in [3.63, 3.8) is 0 Å². The first kappa shape index (κ1) is 12.9. The Morgan fingerprint density at radius 1 is 1.10 bits per heavy atom. The molecule has 0 spiro atoms. The number of ether oxygens (including phenoxy) is 1. The number of hydrogen-bond donors (Lipinski definition) is 2. The van der Waals surface area contributed by atoms with Crippen LogP contribution in [0.3, 0.4) is 0 Å². The quantitative estimate of drug-likeness (QED) is 0.833. The van der Waals surface area contributed by atoms with Crippen molar-refractivity contribution in [2.75, 3.05) is 13.2 Å². The van der Waals surface area contributed by atoms with Crippen LogP contribution in [0.4, 0.5) is 4.79 Å². The number of carbonyl (C=O) groups is 1. The Balaban J connectivity index is 1.32. The second kappa shape index (κ2) is 4.90. The normalized spacial score (nSPS) is 45.6. The first-order valence-corrected chi connectivity index (χ1v) is 8.38. The van der Waals surface area contributed by atoms with Gasteiger partial charge in [0.2, 0.25) is 0 Å². The lowest BCUT2D eigenvalue weighted by Crippen LogP contribution is -2.61. The van der Waals surface area contributed by atoms with Crippen LogP contribution in [0.15, 0.2) is 0 Å². The molecular weight excluding hydrogens is 252 g/mol. The maximum absolute atomic E-state index is 12.2. The fourth-order valence-corrected chi connectivity index (χ4v) is 5.56. The minimum atomic E-state index is 0.0300. The molecule has 112 valence electrons. The van der Waals surface area contributed by atoms with Crippen molar-refractivity contribution in [3.8, 4) is 0 Å². The van der Waals surface area contributed by atoms with Crippen molar-refractivity contribution in [2.24, 2.45) is 17.8 Å². The number of rotatable bonds is 3. The number of urea groups is 1. The standard InChI is InChI=1S/C16H26N2O2/c19-15(17-10-14-2-1-3-20-14)18-16-7-11-4-12(8-16)6-13(5-11)9-16/h11-14H,1-10H2,(H2,17,18,19)/t11?,12?,13?,14-,16?/m1/s1. The van der Waals surface area contributed by atoms with Crippen LogP contribution in [0.25, 0.3) is 0 Å². The van der Waals surface area contributed by atoms with Crippen molar-refractivity contribution in [3.05, 3.63) is 0 Å². The molecular formula is C16H26N2O2. The summed E-state index contributed by atoms with van der Waals surface area (Å²) in [4.78, 5) is 12.2. The molecule has 4 heteroatoms. The summed E-state index contributed by atoms with van der Waals surface area (Å²) in [5.41, 5.74) is 0.120. The molecule has 2 N–H and O–H groups in total. The fraction of sp³-hybridized carbons (Fsp3) is 0.938. The number of nitrogens with one attached hydrogen (secondary N) is 2. The Hall–Kier alpha value is -0.770. The predicted molar refractivity (Wildman–Crippen MR) is 76.4 cm³/mol. The molecule has 0 aromatic heterocycles. The summed E-state index contributed by atoms with van der Waals surface area (Å²) in [5, 5.41) is 6.37. The van der Waals surface area contributed by atoms with Crippen LogP contribution >= 0.6 is 0 Å². The van der Waals surface area contributed by atoms with Crippen LogP contribution in [0, 0.1) is 17.8 Å². The Morgan fingerprint density at radius 3 is 2.30 bits per heavy atom. The van der Waals surface area contributed by atoms with Crippen molar-refractivity contribution < 1.29 is 9.53 Å². The van der Waals surface area contributed by atoms with E-state index >= 15 is 0 Å². The molecule has 4 aliphatic carbocycles. The van der Waals surface area contributed by atoms with Crippen molar-refractivity contribution in [1.82, 2.24) is 10.6 Å². The van der Waals surface area contributed by atoms with Gasteiger partial charge in [0.15, 0.2) is 0 Å². The molecule has 4 saturated carbocycles. The maximum atomic E-state index is 12.2. The van der Waals surface area contributed by atoms with Gasteiger partial charge in [0.1, 0.15) is 0 Å². The summed E-state index contributed by atoms with van der Waals surface area (Å²) in [6, 6.07) is 0.0300. The summed E-state index contributed by atoms with van der Waals surface area (Å²) in [6.45, 7) is 1.52. The van der Waals surface area contributed by atoms with E-state index in [0.29, 0.717) is 6.54 Å². The summed E-state index contributed by atoms with van der Waals surface area (Å²) in [7, 11) is 0. The van der Waals surface area contributed by atoms with E-state index in [9.17, 15) is 4.79 Å². The van der Waals surface area contributed by atoms with Crippen LogP contribution in [-0.4, -0.2) is 30.8 Å². The zero-order chi connectivity index (χ0) is 13.6. The highest BCUT2D eigenvalue weighted by atomic mass is 16.5. The molecule has 2 amide bonds. The molecule has 5 aliphatic rings. The first-order valence-electron chi connectivity index (χ1n) is 8.38. The van der Waals surface area contributed by atoms with Gasteiger partial charge < -0.3 is 15.4 Å². The molecule has 0 aromatic rings. The highest BCUT2D eigenvalue weighted by Gasteiger charge is 2.51. The molecule has 0 unspecified atom stereocenters. The van der Waals surface area contributed by atoms with E-state index in [1.165, 1.54) is 38.5 Å². The van der Waals surface area contributed by atoms with Crippen molar-refractivity contribution >= 4 is 6.03 Å². The van der Waals surface area contributed by atoms with Gasteiger partial charge in [0.25, 0.3) is 0 Å². The van der Waals surface area contributed by atoms with Gasteiger partial charge >= 0.3 is 6.03 Å². The number of carbonyl (C=O) groups excluding carboxylic acids is 1. The molecule has 1 saturated heterocycles. The van der Waals surface area contributed by atoms with Gasteiger partial charge in [-0.2, -0.15) is 0 Å². The van der Waals surface area contributed by atoms with Crippen LogP contribution in [0.2, 0.25) is 0 Å². The second-order valence-corrected chi connectivity index (χ2v) is 7.67. The average molecular weight is 278 g/mol. The van der Waals surface area contributed by atoms with E-state index in [1.54, 1.807) is 0 Å². The van der Waals surface area contributed by atoms with E-state index in [2.05, 4.69) is 10.6 Å². The highest BCUT2D eigenvalue weighted by Crippen LogP contribution is 2.55. The fourth-order valence-electron chi connectivity index (χ4n) is 5.56. The lowest BCUT2D eigenvalue weighted by molar-refractivity contribution is -0.0137. The molecule has 1 heterocycles. The molecule has 20 heavy (non-hydrogen) atoms. The summed E-state index contributed by atoms with van der Waals surface area (Å²) >= 11 is 0.